The van der Waals surface area contributed by atoms with E-state index in [0.29, 0.717) is 13.1 Å². The molecule has 0 radical (unpaired) electrons. The quantitative estimate of drug-likeness (QED) is 0.794. The summed E-state index contributed by atoms with van der Waals surface area (Å²) in [4.78, 5) is 4.05. The highest BCUT2D eigenvalue weighted by atomic mass is 32.3. The van der Waals surface area contributed by atoms with Crippen LogP contribution in [0.1, 0.15) is 6.42 Å². The minimum atomic E-state index is -2.95. The Labute approximate surface area is 143 Å². The fraction of sp³-hybridized carbons (Fsp3) is 0.353. The van der Waals surface area contributed by atoms with E-state index in [1.165, 1.54) is 0 Å². The fourth-order valence-electron chi connectivity index (χ4n) is 3.48. The molecular formula is C17H22N4O2S. The van der Waals surface area contributed by atoms with Crippen molar-refractivity contribution in [2.24, 2.45) is 0 Å². The van der Waals surface area contributed by atoms with E-state index in [2.05, 4.69) is 10.3 Å². The molecule has 0 saturated carbocycles. The first-order chi connectivity index (χ1) is 11.7. The third-order valence-corrected chi connectivity index (χ3v) is 6.82. The SMILES string of the molecule is OS1(O)N(c2cccc(-c3ccncc3)c2)CCN1C1CCNC1. The first-order valence-corrected chi connectivity index (χ1v) is 9.66. The molecule has 1 aromatic carbocycles. The van der Waals surface area contributed by atoms with Gasteiger partial charge in [-0.1, -0.05) is 23.1 Å². The van der Waals surface area contributed by atoms with E-state index in [9.17, 15) is 9.11 Å². The third kappa shape index (κ3) is 2.78. The van der Waals surface area contributed by atoms with Gasteiger partial charge in [0, 0.05) is 31.5 Å². The summed E-state index contributed by atoms with van der Waals surface area (Å²) >= 11 is 0. The zero-order chi connectivity index (χ0) is 16.6. The summed E-state index contributed by atoms with van der Waals surface area (Å²) < 4.78 is 25.3. The predicted molar refractivity (Wildman–Crippen MR) is 97.8 cm³/mol. The van der Waals surface area contributed by atoms with Gasteiger partial charge in [0.2, 0.25) is 0 Å². The molecule has 2 fully saturated rings. The normalized spacial score (nSPS) is 25.1. The summed E-state index contributed by atoms with van der Waals surface area (Å²) in [6.07, 6.45) is 4.49. The van der Waals surface area contributed by atoms with Crippen molar-refractivity contribution in [2.45, 2.75) is 12.5 Å². The van der Waals surface area contributed by atoms with Crippen LogP contribution in [0.5, 0.6) is 0 Å². The molecule has 2 aliphatic heterocycles. The number of nitrogens with one attached hydrogen (secondary N) is 1. The molecule has 4 rings (SSSR count). The minimum absolute atomic E-state index is 0.198. The van der Waals surface area contributed by atoms with Crippen molar-refractivity contribution in [2.75, 3.05) is 30.5 Å². The van der Waals surface area contributed by atoms with E-state index < -0.39 is 11.0 Å². The molecule has 0 spiro atoms. The molecule has 2 aromatic rings. The average Bonchev–Trinajstić information content (AvgIpc) is 3.23. The van der Waals surface area contributed by atoms with Crippen molar-refractivity contribution in [1.82, 2.24) is 14.6 Å². The summed E-state index contributed by atoms with van der Waals surface area (Å²) in [6.45, 7) is 3.06. The van der Waals surface area contributed by atoms with Crippen molar-refractivity contribution < 1.29 is 9.11 Å². The molecule has 24 heavy (non-hydrogen) atoms. The van der Waals surface area contributed by atoms with E-state index in [-0.39, 0.29) is 6.04 Å². The summed E-state index contributed by atoms with van der Waals surface area (Å²) in [6, 6.07) is 12.0. The summed E-state index contributed by atoms with van der Waals surface area (Å²) in [5, 5.41) is 3.30. The Balaban J connectivity index is 1.62. The highest BCUT2D eigenvalue weighted by molar-refractivity contribution is 8.23. The number of rotatable bonds is 3. The molecule has 0 bridgehead atoms. The van der Waals surface area contributed by atoms with Crippen LogP contribution in [0.2, 0.25) is 0 Å². The molecule has 3 N–H and O–H groups in total. The van der Waals surface area contributed by atoms with E-state index in [0.717, 1.165) is 36.3 Å². The van der Waals surface area contributed by atoms with Crippen LogP contribution in [0.25, 0.3) is 11.1 Å². The number of anilines is 1. The molecular weight excluding hydrogens is 324 g/mol. The van der Waals surface area contributed by atoms with Gasteiger partial charge in [-0.15, -0.1) is 0 Å². The van der Waals surface area contributed by atoms with Crippen LogP contribution in [-0.4, -0.2) is 50.6 Å². The van der Waals surface area contributed by atoms with Gasteiger partial charge < -0.3 is 5.32 Å². The maximum atomic E-state index is 10.8. The second-order valence-corrected chi connectivity index (χ2v) is 8.06. The number of benzene rings is 1. The highest BCUT2D eigenvalue weighted by Crippen LogP contribution is 2.55. The van der Waals surface area contributed by atoms with Crippen molar-refractivity contribution in [3.63, 3.8) is 0 Å². The Morgan fingerprint density at radius 2 is 1.92 bits per heavy atom. The topological polar surface area (TPSA) is 71.9 Å². The number of hydrogen-bond donors (Lipinski definition) is 3. The smallest absolute Gasteiger partial charge is 0.0589 e. The maximum Gasteiger partial charge on any atom is 0.0589 e. The van der Waals surface area contributed by atoms with Gasteiger partial charge in [0.1, 0.15) is 0 Å². The molecule has 6 nitrogen and oxygen atoms in total. The lowest BCUT2D eigenvalue weighted by molar-refractivity contribution is 0.322. The molecule has 128 valence electrons. The number of aromatic nitrogens is 1. The molecule has 0 aliphatic carbocycles. The van der Waals surface area contributed by atoms with E-state index in [1.54, 1.807) is 16.7 Å². The van der Waals surface area contributed by atoms with Crippen LogP contribution in [0.3, 0.4) is 0 Å². The van der Waals surface area contributed by atoms with Crippen LogP contribution < -0.4 is 9.62 Å². The van der Waals surface area contributed by atoms with E-state index >= 15 is 0 Å². The van der Waals surface area contributed by atoms with Crippen molar-refractivity contribution in [1.29, 1.82) is 0 Å². The fourth-order valence-corrected chi connectivity index (χ4v) is 5.37. The Kier molecular flexibility index (Phi) is 4.19. The number of pyridine rings is 1. The van der Waals surface area contributed by atoms with Crippen LogP contribution in [0.4, 0.5) is 5.69 Å². The zero-order valence-corrected chi connectivity index (χ0v) is 14.2. The maximum absolute atomic E-state index is 10.8. The highest BCUT2D eigenvalue weighted by Gasteiger charge is 2.42. The largest absolute Gasteiger partial charge is 0.315 e. The molecule has 2 aliphatic rings. The van der Waals surface area contributed by atoms with E-state index in [4.69, 9.17) is 0 Å². The predicted octanol–water partition coefficient (Wildman–Crippen LogP) is 2.81. The second kappa shape index (κ2) is 6.34. The van der Waals surface area contributed by atoms with Gasteiger partial charge >= 0.3 is 0 Å². The molecule has 7 heteroatoms. The van der Waals surface area contributed by atoms with Crippen molar-refractivity contribution >= 4 is 16.6 Å². The lowest BCUT2D eigenvalue weighted by Crippen LogP contribution is -2.38. The lowest BCUT2D eigenvalue weighted by atomic mass is 10.1. The van der Waals surface area contributed by atoms with Crippen LogP contribution >= 0.6 is 11.0 Å². The number of hydrogen-bond acceptors (Lipinski definition) is 6. The minimum Gasteiger partial charge on any atom is -0.315 e. The lowest BCUT2D eigenvalue weighted by Gasteiger charge is -2.45. The summed E-state index contributed by atoms with van der Waals surface area (Å²) in [7, 11) is -2.95. The third-order valence-electron chi connectivity index (χ3n) is 4.72. The number of nitrogens with zero attached hydrogens (tertiary/aromatic N) is 3. The zero-order valence-electron chi connectivity index (χ0n) is 13.4. The van der Waals surface area contributed by atoms with Gasteiger partial charge in [0.05, 0.1) is 12.2 Å². The summed E-state index contributed by atoms with van der Waals surface area (Å²) in [5.41, 5.74) is 2.96. The standard InChI is InChI=1S/C17H22N4O2S/c22-24(23)20(10-11-21(24)17-6-9-19-13-17)16-3-1-2-15(12-16)14-4-7-18-8-5-14/h1-5,7-8,12,17,19,22-23H,6,9-11,13H2. The van der Waals surface area contributed by atoms with Gasteiger partial charge in [-0.05, 0) is 48.4 Å². The van der Waals surface area contributed by atoms with Crippen LogP contribution in [-0.2, 0) is 0 Å². The Hall–Kier alpha value is -1.64. The van der Waals surface area contributed by atoms with Gasteiger partial charge in [-0.2, -0.15) is 4.31 Å². The first-order valence-electron chi connectivity index (χ1n) is 8.20. The van der Waals surface area contributed by atoms with Crippen molar-refractivity contribution in [3.05, 3.63) is 48.8 Å². The van der Waals surface area contributed by atoms with Crippen LogP contribution in [0.15, 0.2) is 48.8 Å². The van der Waals surface area contributed by atoms with E-state index in [1.807, 2.05) is 40.7 Å². The molecule has 1 aromatic heterocycles. The molecule has 1 unspecified atom stereocenters. The Morgan fingerprint density at radius 3 is 2.67 bits per heavy atom. The molecule has 1 atom stereocenters. The Morgan fingerprint density at radius 1 is 1.08 bits per heavy atom. The van der Waals surface area contributed by atoms with Gasteiger partial charge in [-0.25, -0.2) is 0 Å². The second-order valence-electron chi connectivity index (χ2n) is 6.17. The molecule has 0 amide bonds. The van der Waals surface area contributed by atoms with Crippen LogP contribution in [0, 0.1) is 0 Å². The molecule has 3 heterocycles. The molecule has 2 saturated heterocycles. The van der Waals surface area contributed by atoms with Gasteiger partial charge in [0.25, 0.3) is 0 Å². The Bertz CT molecular complexity index is 707. The van der Waals surface area contributed by atoms with Gasteiger partial charge in [0.15, 0.2) is 0 Å². The first kappa shape index (κ1) is 15.9. The summed E-state index contributed by atoms with van der Waals surface area (Å²) in [5.74, 6) is 0. The van der Waals surface area contributed by atoms with Crippen molar-refractivity contribution in [3.8, 4) is 11.1 Å². The van der Waals surface area contributed by atoms with Gasteiger partial charge in [-0.3, -0.25) is 18.4 Å². The monoisotopic (exact) mass is 346 g/mol. The average molecular weight is 346 g/mol.